The Bertz CT molecular complexity index is 945. The Labute approximate surface area is 174 Å². The van der Waals surface area contributed by atoms with Gasteiger partial charge in [0.15, 0.2) is 0 Å². The van der Waals surface area contributed by atoms with Gasteiger partial charge in [0.25, 0.3) is 5.91 Å². The number of phenolic OH excluding ortho intramolecular Hbond substituents is 1. The number of carboxylic acids is 1. The summed E-state index contributed by atoms with van der Waals surface area (Å²) in [6, 6.07) is 7.74. The van der Waals surface area contributed by atoms with E-state index in [1.807, 2.05) is 13.8 Å². The Hall–Kier alpha value is -3.55. The van der Waals surface area contributed by atoms with E-state index in [1.54, 1.807) is 32.0 Å². The third-order valence-electron chi connectivity index (χ3n) is 4.16. The minimum Gasteiger partial charge on any atom is -0.507 e. The van der Waals surface area contributed by atoms with Crippen LogP contribution in [0.25, 0.3) is 0 Å². The summed E-state index contributed by atoms with van der Waals surface area (Å²) in [6.45, 7) is 7.99. The second-order valence-electron chi connectivity index (χ2n) is 7.44. The molecule has 30 heavy (non-hydrogen) atoms. The highest BCUT2D eigenvalue weighted by Crippen LogP contribution is 2.33. The number of aromatic hydroxyl groups is 1. The summed E-state index contributed by atoms with van der Waals surface area (Å²) in [7, 11) is 0. The van der Waals surface area contributed by atoms with E-state index in [9.17, 15) is 19.5 Å². The van der Waals surface area contributed by atoms with Gasteiger partial charge in [0.05, 0.1) is 5.56 Å². The van der Waals surface area contributed by atoms with Gasteiger partial charge in [-0.3, -0.25) is 14.4 Å². The number of anilines is 1. The first-order valence-corrected chi connectivity index (χ1v) is 9.48. The second kappa shape index (κ2) is 9.78. The standard InChI is InChI=1S/C22H26N2O6/c1-12(2)11-23-22(29)17-9-16(5-6-18(17)25)30-21-13(3)7-15(8-14(21)4)24-19(26)10-20(27)28/h5-9,12,25H,10-11H2,1-4H3,(H,23,29)(H,24,26)(H,27,28). The van der Waals surface area contributed by atoms with Crippen LogP contribution in [0, 0.1) is 19.8 Å². The van der Waals surface area contributed by atoms with Gasteiger partial charge >= 0.3 is 5.97 Å². The Morgan fingerprint density at radius 3 is 2.27 bits per heavy atom. The molecule has 8 nitrogen and oxygen atoms in total. The number of carbonyl (C=O) groups excluding carboxylic acids is 2. The molecule has 160 valence electrons. The topological polar surface area (TPSA) is 125 Å². The number of carbonyl (C=O) groups is 3. The molecular weight excluding hydrogens is 388 g/mol. The first kappa shape index (κ1) is 22.7. The fourth-order valence-corrected chi connectivity index (χ4v) is 2.80. The Morgan fingerprint density at radius 1 is 1.07 bits per heavy atom. The number of carboxylic acid groups (broad SMARTS) is 1. The lowest BCUT2D eigenvalue weighted by Gasteiger charge is -2.15. The third-order valence-corrected chi connectivity index (χ3v) is 4.16. The highest BCUT2D eigenvalue weighted by Gasteiger charge is 2.15. The Kier molecular flexibility index (Phi) is 7.41. The zero-order valence-corrected chi connectivity index (χ0v) is 17.4. The molecule has 0 aliphatic carbocycles. The Balaban J connectivity index is 2.21. The second-order valence-corrected chi connectivity index (χ2v) is 7.44. The van der Waals surface area contributed by atoms with E-state index >= 15 is 0 Å². The van der Waals surface area contributed by atoms with E-state index in [4.69, 9.17) is 9.84 Å². The fourth-order valence-electron chi connectivity index (χ4n) is 2.80. The average molecular weight is 414 g/mol. The van der Waals surface area contributed by atoms with Gasteiger partial charge in [-0.2, -0.15) is 0 Å². The number of ether oxygens (including phenoxy) is 1. The molecule has 0 saturated carbocycles. The zero-order chi connectivity index (χ0) is 22.4. The van der Waals surface area contributed by atoms with Crippen molar-refractivity contribution in [1.82, 2.24) is 5.32 Å². The summed E-state index contributed by atoms with van der Waals surface area (Å²) in [5.74, 6) is -1.19. The normalized spacial score (nSPS) is 10.6. The molecule has 2 aromatic carbocycles. The maximum atomic E-state index is 12.3. The van der Waals surface area contributed by atoms with Crippen LogP contribution < -0.4 is 15.4 Å². The van der Waals surface area contributed by atoms with Crippen LogP contribution in [-0.2, 0) is 9.59 Å². The molecule has 0 fully saturated rings. The van der Waals surface area contributed by atoms with Crippen molar-refractivity contribution in [3.63, 3.8) is 0 Å². The number of benzene rings is 2. The minimum atomic E-state index is -1.21. The lowest BCUT2D eigenvalue weighted by Crippen LogP contribution is -2.27. The number of amides is 2. The maximum absolute atomic E-state index is 12.3. The van der Waals surface area contributed by atoms with Crippen molar-refractivity contribution >= 4 is 23.5 Å². The van der Waals surface area contributed by atoms with Gasteiger partial charge in [0, 0.05) is 12.2 Å². The molecule has 0 heterocycles. The van der Waals surface area contributed by atoms with Crippen LogP contribution in [0.2, 0.25) is 0 Å². The van der Waals surface area contributed by atoms with E-state index < -0.39 is 24.2 Å². The van der Waals surface area contributed by atoms with E-state index in [2.05, 4.69) is 10.6 Å². The smallest absolute Gasteiger partial charge is 0.312 e. The number of aliphatic carboxylic acids is 1. The number of phenols is 1. The van der Waals surface area contributed by atoms with E-state index in [-0.39, 0.29) is 17.2 Å². The monoisotopic (exact) mass is 414 g/mol. The van der Waals surface area contributed by atoms with Crippen molar-refractivity contribution in [3.05, 3.63) is 47.0 Å². The van der Waals surface area contributed by atoms with Crippen molar-refractivity contribution < 1.29 is 29.3 Å². The average Bonchev–Trinajstić information content (AvgIpc) is 2.63. The molecule has 0 aliphatic rings. The summed E-state index contributed by atoms with van der Waals surface area (Å²) in [6.07, 6.45) is -0.620. The summed E-state index contributed by atoms with van der Waals surface area (Å²) in [5, 5.41) is 24.0. The minimum absolute atomic E-state index is 0.112. The van der Waals surface area contributed by atoms with Gasteiger partial charge in [0.1, 0.15) is 23.7 Å². The Morgan fingerprint density at radius 2 is 1.70 bits per heavy atom. The van der Waals surface area contributed by atoms with Gasteiger partial charge in [-0.1, -0.05) is 13.8 Å². The van der Waals surface area contributed by atoms with Gasteiger partial charge in [-0.25, -0.2) is 0 Å². The van der Waals surface area contributed by atoms with E-state index in [0.29, 0.717) is 34.9 Å². The van der Waals surface area contributed by atoms with Gasteiger partial charge in [-0.05, 0) is 61.2 Å². The molecule has 0 unspecified atom stereocenters. The van der Waals surface area contributed by atoms with Crippen molar-refractivity contribution in [1.29, 1.82) is 0 Å². The molecule has 0 bridgehead atoms. The maximum Gasteiger partial charge on any atom is 0.312 e. The van der Waals surface area contributed by atoms with Crippen molar-refractivity contribution in [2.75, 3.05) is 11.9 Å². The molecule has 2 aromatic rings. The predicted octanol–water partition coefficient (Wildman–Crippen LogP) is 3.60. The van der Waals surface area contributed by atoms with Gasteiger partial charge in [0.2, 0.25) is 5.91 Å². The SMILES string of the molecule is Cc1cc(NC(=O)CC(=O)O)cc(C)c1Oc1ccc(O)c(C(=O)NCC(C)C)c1. The van der Waals surface area contributed by atoms with Crippen molar-refractivity contribution in [2.45, 2.75) is 34.1 Å². The zero-order valence-electron chi connectivity index (χ0n) is 17.4. The number of rotatable bonds is 8. The molecule has 0 spiro atoms. The van der Waals surface area contributed by atoms with E-state index in [1.165, 1.54) is 12.1 Å². The molecular formula is C22H26N2O6. The highest BCUT2D eigenvalue weighted by atomic mass is 16.5. The number of hydrogen-bond donors (Lipinski definition) is 4. The molecule has 4 N–H and O–H groups in total. The summed E-state index contributed by atoms with van der Waals surface area (Å²) >= 11 is 0. The van der Waals surface area contributed by atoms with Gasteiger partial charge in [-0.15, -0.1) is 0 Å². The molecule has 2 amide bonds. The van der Waals surface area contributed by atoms with Crippen molar-refractivity contribution in [3.8, 4) is 17.2 Å². The largest absolute Gasteiger partial charge is 0.507 e. The van der Waals surface area contributed by atoms with E-state index in [0.717, 1.165) is 0 Å². The molecule has 0 saturated heterocycles. The van der Waals surface area contributed by atoms with Crippen LogP contribution in [0.3, 0.4) is 0 Å². The fraction of sp³-hybridized carbons (Fsp3) is 0.318. The lowest BCUT2D eigenvalue weighted by atomic mass is 10.1. The molecule has 8 heteroatoms. The molecule has 0 atom stereocenters. The van der Waals surface area contributed by atoms with Gasteiger partial charge < -0.3 is 25.6 Å². The summed E-state index contributed by atoms with van der Waals surface area (Å²) < 4.78 is 5.94. The van der Waals surface area contributed by atoms with Crippen LogP contribution in [-0.4, -0.2) is 34.5 Å². The van der Waals surface area contributed by atoms with Crippen LogP contribution in [0.4, 0.5) is 5.69 Å². The molecule has 0 aromatic heterocycles. The molecule has 2 rings (SSSR count). The lowest BCUT2D eigenvalue weighted by molar-refractivity contribution is -0.139. The first-order valence-electron chi connectivity index (χ1n) is 9.48. The van der Waals surface area contributed by atoms with Crippen molar-refractivity contribution in [2.24, 2.45) is 5.92 Å². The predicted molar refractivity (Wildman–Crippen MR) is 112 cm³/mol. The molecule has 0 radical (unpaired) electrons. The van der Waals surface area contributed by atoms with Crippen LogP contribution in [0.15, 0.2) is 30.3 Å². The summed E-state index contributed by atoms with van der Waals surface area (Å²) in [5.41, 5.74) is 1.99. The highest BCUT2D eigenvalue weighted by molar-refractivity contribution is 6.01. The van der Waals surface area contributed by atoms with Crippen LogP contribution in [0.1, 0.15) is 41.8 Å². The quantitative estimate of drug-likeness (QED) is 0.489. The van der Waals surface area contributed by atoms with Crippen LogP contribution in [0.5, 0.6) is 17.2 Å². The first-order chi connectivity index (χ1) is 14.1. The molecule has 0 aliphatic heterocycles. The number of hydrogen-bond acceptors (Lipinski definition) is 5. The third kappa shape index (κ3) is 6.23. The number of nitrogens with one attached hydrogen (secondary N) is 2. The summed E-state index contributed by atoms with van der Waals surface area (Å²) in [4.78, 5) is 34.6. The number of aryl methyl sites for hydroxylation is 2. The van der Waals surface area contributed by atoms with Crippen LogP contribution >= 0.6 is 0 Å².